The number of carbonyl (C=O) groups is 1. The first kappa shape index (κ1) is 18.4. The zero-order valence-corrected chi connectivity index (χ0v) is 14.0. The molecule has 0 aromatic heterocycles. The lowest BCUT2D eigenvalue weighted by Crippen LogP contribution is -2.34. The van der Waals surface area contributed by atoms with E-state index in [1.807, 2.05) is 0 Å². The van der Waals surface area contributed by atoms with Crippen LogP contribution in [0.3, 0.4) is 0 Å². The van der Waals surface area contributed by atoms with Crippen LogP contribution in [0.15, 0.2) is 0 Å². The number of likely N-dealkylation sites (N-methyl/N-ethyl adjacent to an activating group) is 1. The van der Waals surface area contributed by atoms with Gasteiger partial charge in [-0.2, -0.15) is 0 Å². The van der Waals surface area contributed by atoms with Gasteiger partial charge in [-0.15, -0.1) is 0 Å². The van der Waals surface area contributed by atoms with Crippen molar-refractivity contribution in [1.82, 2.24) is 15.5 Å². The topological polar surface area (TPSA) is 53.6 Å². The van der Waals surface area contributed by atoms with Gasteiger partial charge in [0.2, 0.25) is 5.91 Å². The van der Waals surface area contributed by atoms with Crippen LogP contribution < -0.4 is 10.6 Å². The van der Waals surface area contributed by atoms with Crippen LogP contribution in [0.25, 0.3) is 0 Å². The summed E-state index contributed by atoms with van der Waals surface area (Å²) in [6, 6.07) is 0. The molecule has 1 saturated heterocycles. The summed E-state index contributed by atoms with van der Waals surface area (Å²) < 4.78 is 5.04. The Bertz CT molecular complexity index is 281. The van der Waals surface area contributed by atoms with E-state index in [0.29, 0.717) is 18.3 Å². The van der Waals surface area contributed by atoms with E-state index < -0.39 is 0 Å². The van der Waals surface area contributed by atoms with Gasteiger partial charge in [0.1, 0.15) is 0 Å². The predicted octanol–water partition coefficient (Wildman–Crippen LogP) is 1.10. The third-order valence-corrected chi connectivity index (χ3v) is 4.41. The van der Waals surface area contributed by atoms with Crippen LogP contribution in [-0.4, -0.2) is 64.3 Å². The van der Waals surface area contributed by atoms with E-state index >= 15 is 0 Å². The number of nitrogens with zero attached hydrogens (tertiary/aromatic N) is 1. The van der Waals surface area contributed by atoms with Crippen molar-refractivity contribution in [2.24, 2.45) is 11.8 Å². The molecule has 21 heavy (non-hydrogen) atoms. The average Bonchev–Trinajstić information content (AvgIpc) is 2.50. The van der Waals surface area contributed by atoms with E-state index in [1.54, 1.807) is 7.11 Å². The predicted molar refractivity (Wildman–Crippen MR) is 86.4 cm³/mol. The Labute approximate surface area is 129 Å². The molecule has 0 aromatic rings. The van der Waals surface area contributed by atoms with E-state index in [0.717, 1.165) is 45.8 Å². The highest BCUT2D eigenvalue weighted by molar-refractivity contribution is 5.76. The second-order valence-electron chi connectivity index (χ2n) is 6.27. The zero-order chi connectivity index (χ0) is 15.5. The highest BCUT2D eigenvalue weighted by Crippen LogP contribution is 2.23. The zero-order valence-electron chi connectivity index (χ0n) is 14.0. The summed E-state index contributed by atoms with van der Waals surface area (Å²) in [7, 11) is 3.80. The fourth-order valence-corrected chi connectivity index (χ4v) is 2.88. The van der Waals surface area contributed by atoms with Crippen LogP contribution in [0.5, 0.6) is 0 Å². The standard InChI is InChI=1S/C16H33N3O2/c1-14(15-5-8-17-9-6-15)13-16(20)18-7-4-10-19(2)11-12-21-3/h14-15,17H,4-13H2,1-3H3,(H,18,20). The summed E-state index contributed by atoms with van der Waals surface area (Å²) in [5, 5.41) is 6.43. The number of hydrogen-bond donors (Lipinski definition) is 2. The number of methoxy groups -OCH3 is 1. The molecule has 1 atom stereocenters. The van der Waals surface area contributed by atoms with Crippen molar-refractivity contribution in [3.63, 3.8) is 0 Å². The van der Waals surface area contributed by atoms with Crippen molar-refractivity contribution < 1.29 is 9.53 Å². The van der Waals surface area contributed by atoms with E-state index in [9.17, 15) is 4.79 Å². The number of carbonyl (C=O) groups excluding carboxylic acids is 1. The van der Waals surface area contributed by atoms with Crippen LogP contribution in [0.2, 0.25) is 0 Å². The summed E-state index contributed by atoms with van der Waals surface area (Å²) in [6.07, 6.45) is 4.08. The monoisotopic (exact) mass is 299 g/mol. The SMILES string of the molecule is COCCN(C)CCCNC(=O)CC(C)C1CCNCC1. The van der Waals surface area contributed by atoms with Gasteiger partial charge in [0.05, 0.1) is 6.61 Å². The summed E-state index contributed by atoms with van der Waals surface area (Å²) in [6.45, 7) is 7.89. The first-order chi connectivity index (χ1) is 10.1. The molecule has 1 fully saturated rings. The Kier molecular flexibility index (Phi) is 9.63. The third kappa shape index (κ3) is 8.39. The summed E-state index contributed by atoms with van der Waals surface area (Å²) in [5.41, 5.74) is 0. The van der Waals surface area contributed by atoms with Gasteiger partial charge in [-0.05, 0) is 57.8 Å². The Morgan fingerprint density at radius 2 is 2.10 bits per heavy atom. The molecule has 2 N–H and O–H groups in total. The normalized spacial score (nSPS) is 17.9. The van der Waals surface area contributed by atoms with E-state index in [2.05, 4.69) is 29.5 Å². The van der Waals surface area contributed by atoms with E-state index in [4.69, 9.17) is 4.74 Å². The molecule has 5 nitrogen and oxygen atoms in total. The number of rotatable bonds is 10. The molecule has 1 aliphatic heterocycles. The van der Waals surface area contributed by atoms with Crippen LogP contribution in [0.1, 0.15) is 32.6 Å². The molecule has 0 saturated carbocycles. The largest absolute Gasteiger partial charge is 0.383 e. The van der Waals surface area contributed by atoms with Gasteiger partial charge in [-0.1, -0.05) is 6.92 Å². The van der Waals surface area contributed by atoms with Crippen molar-refractivity contribution in [2.45, 2.75) is 32.6 Å². The van der Waals surface area contributed by atoms with Crippen LogP contribution >= 0.6 is 0 Å². The summed E-state index contributed by atoms with van der Waals surface area (Å²) >= 11 is 0. The van der Waals surface area contributed by atoms with Gasteiger partial charge in [0, 0.05) is 26.6 Å². The molecule has 0 aliphatic carbocycles. The van der Waals surface area contributed by atoms with Crippen LogP contribution in [0.4, 0.5) is 0 Å². The molecular formula is C16H33N3O2. The van der Waals surface area contributed by atoms with Crippen molar-refractivity contribution in [2.75, 3.05) is 53.5 Å². The van der Waals surface area contributed by atoms with Gasteiger partial charge in [0.15, 0.2) is 0 Å². The lowest BCUT2D eigenvalue weighted by Gasteiger charge is -2.27. The number of nitrogens with one attached hydrogen (secondary N) is 2. The van der Waals surface area contributed by atoms with Gasteiger partial charge >= 0.3 is 0 Å². The number of hydrogen-bond acceptors (Lipinski definition) is 4. The van der Waals surface area contributed by atoms with Crippen molar-refractivity contribution >= 4 is 5.91 Å². The Morgan fingerprint density at radius 3 is 2.76 bits per heavy atom. The maximum absolute atomic E-state index is 12.0. The second kappa shape index (κ2) is 11.0. The van der Waals surface area contributed by atoms with Crippen molar-refractivity contribution in [1.29, 1.82) is 0 Å². The van der Waals surface area contributed by atoms with Crippen molar-refractivity contribution in [3.05, 3.63) is 0 Å². The molecule has 1 aliphatic rings. The minimum absolute atomic E-state index is 0.209. The second-order valence-corrected chi connectivity index (χ2v) is 6.27. The van der Waals surface area contributed by atoms with Gasteiger partial charge in [-0.25, -0.2) is 0 Å². The highest BCUT2D eigenvalue weighted by Gasteiger charge is 2.21. The number of piperidine rings is 1. The van der Waals surface area contributed by atoms with Crippen molar-refractivity contribution in [3.8, 4) is 0 Å². The molecule has 0 radical (unpaired) electrons. The van der Waals surface area contributed by atoms with Crippen LogP contribution in [0, 0.1) is 11.8 Å². The average molecular weight is 299 g/mol. The lowest BCUT2D eigenvalue weighted by molar-refractivity contribution is -0.122. The summed E-state index contributed by atoms with van der Waals surface area (Å²) in [4.78, 5) is 14.2. The minimum atomic E-state index is 0.209. The molecule has 124 valence electrons. The molecule has 0 bridgehead atoms. The van der Waals surface area contributed by atoms with Crippen LogP contribution in [-0.2, 0) is 9.53 Å². The molecule has 1 amide bonds. The molecule has 1 rings (SSSR count). The first-order valence-corrected chi connectivity index (χ1v) is 8.28. The molecule has 0 aromatic carbocycles. The Hall–Kier alpha value is -0.650. The molecular weight excluding hydrogens is 266 g/mol. The molecule has 1 unspecified atom stereocenters. The highest BCUT2D eigenvalue weighted by atomic mass is 16.5. The van der Waals surface area contributed by atoms with Gasteiger partial charge in [0.25, 0.3) is 0 Å². The molecule has 5 heteroatoms. The third-order valence-electron chi connectivity index (χ3n) is 4.41. The maximum Gasteiger partial charge on any atom is 0.220 e. The minimum Gasteiger partial charge on any atom is -0.383 e. The number of ether oxygens (including phenoxy) is 1. The smallest absolute Gasteiger partial charge is 0.220 e. The summed E-state index contributed by atoms with van der Waals surface area (Å²) in [5.74, 6) is 1.41. The van der Waals surface area contributed by atoms with E-state index in [1.165, 1.54) is 12.8 Å². The fraction of sp³-hybridized carbons (Fsp3) is 0.938. The number of amides is 1. The lowest BCUT2D eigenvalue weighted by atomic mass is 9.84. The maximum atomic E-state index is 12.0. The van der Waals surface area contributed by atoms with Gasteiger partial charge in [-0.3, -0.25) is 4.79 Å². The fourth-order valence-electron chi connectivity index (χ4n) is 2.88. The molecule has 0 spiro atoms. The quantitative estimate of drug-likeness (QED) is 0.593. The van der Waals surface area contributed by atoms with Gasteiger partial charge < -0.3 is 20.3 Å². The van der Waals surface area contributed by atoms with E-state index in [-0.39, 0.29) is 5.91 Å². The Morgan fingerprint density at radius 1 is 1.38 bits per heavy atom. The molecule has 1 heterocycles. The Balaban J connectivity index is 2.05. The first-order valence-electron chi connectivity index (χ1n) is 8.28.